The van der Waals surface area contributed by atoms with Gasteiger partial charge in [-0.3, -0.25) is 0 Å². The lowest BCUT2D eigenvalue weighted by atomic mass is 10.2. The number of imide groups is 1. The van der Waals surface area contributed by atoms with Crippen LogP contribution in [0.25, 0.3) is 0 Å². The zero-order valence-electron chi connectivity index (χ0n) is 16.3. The number of hydrogen-bond donors (Lipinski definition) is 1. The molecule has 1 aromatic heterocycles. The van der Waals surface area contributed by atoms with E-state index in [1.807, 2.05) is 0 Å². The lowest BCUT2D eigenvalue weighted by molar-refractivity contribution is 0.0428. The van der Waals surface area contributed by atoms with E-state index in [0.717, 1.165) is 0 Å². The fourth-order valence-corrected chi connectivity index (χ4v) is 1.77. The van der Waals surface area contributed by atoms with Crippen LogP contribution in [0.4, 0.5) is 15.3 Å². The Morgan fingerprint density at radius 2 is 1.54 bits per heavy atom. The van der Waals surface area contributed by atoms with Crippen molar-refractivity contribution in [2.75, 3.05) is 11.5 Å². The van der Waals surface area contributed by atoms with Crippen LogP contribution in [0, 0.1) is 0 Å². The molecule has 0 radical (unpaired) electrons. The molecular weight excluding hydrogens is 342 g/mol. The summed E-state index contributed by atoms with van der Waals surface area (Å²) >= 11 is 0. The number of ether oxygens (including phenoxy) is 3. The number of aromatic nitrogens is 2. The minimum atomic E-state index is -0.954. The molecule has 0 aliphatic heterocycles. The zero-order chi connectivity index (χ0) is 20.1. The average molecular weight is 369 g/mol. The molecule has 1 heterocycles. The maximum atomic E-state index is 12.7. The summed E-state index contributed by atoms with van der Waals surface area (Å²) in [6.45, 7) is 11.6. The van der Waals surface area contributed by atoms with E-state index in [4.69, 9.17) is 14.2 Å². The van der Waals surface area contributed by atoms with Gasteiger partial charge >= 0.3 is 12.2 Å². The Morgan fingerprint density at radius 1 is 1.04 bits per heavy atom. The van der Waals surface area contributed by atoms with Gasteiger partial charge in [-0.2, -0.15) is 4.90 Å². The van der Waals surface area contributed by atoms with Crippen LogP contribution in [-0.2, 0) is 16.1 Å². The van der Waals surface area contributed by atoms with Crippen molar-refractivity contribution in [3.8, 4) is 5.88 Å². The van der Waals surface area contributed by atoms with E-state index < -0.39 is 30.0 Å². The number of carbonyl (C=O) groups is 2. The Balaban J connectivity index is 3.43. The molecule has 1 aromatic rings. The van der Waals surface area contributed by atoms with E-state index in [-0.39, 0.29) is 23.9 Å². The van der Waals surface area contributed by atoms with Crippen molar-refractivity contribution in [2.45, 2.75) is 66.3 Å². The van der Waals surface area contributed by atoms with Gasteiger partial charge in [-0.25, -0.2) is 9.59 Å². The highest BCUT2D eigenvalue weighted by Gasteiger charge is 2.35. The summed E-state index contributed by atoms with van der Waals surface area (Å²) in [6.07, 6.45) is -1.91. The molecule has 0 bridgehead atoms. The zero-order valence-corrected chi connectivity index (χ0v) is 16.3. The van der Waals surface area contributed by atoms with Gasteiger partial charge in [0.1, 0.15) is 16.9 Å². The Hall–Kier alpha value is -2.42. The Bertz CT molecular complexity index is 621. The van der Waals surface area contributed by atoms with Crippen LogP contribution in [0.1, 0.15) is 54.2 Å². The van der Waals surface area contributed by atoms with Gasteiger partial charge in [-0.15, -0.1) is 10.2 Å². The maximum Gasteiger partial charge on any atom is 0.424 e. The van der Waals surface area contributed by atoms with Crippen molar-refractivity contribution >= 4 is 17.9 Å². The van der Waals surface area contributed by atoms with Crippen LogP contribution in [0.15, 0.2) is 6.07 Å². The maximum absolute atomic E-state index is 12.7. The molecule has 0 fully saturated rings. The van der Waals surface area contributed by atoms with Gasteiger partial charge < -0.3 is 19.3 Å². The predicted octanol–water partition coefficient (Wildman–Crippen LogP) is 3.04. The number of aliphatic hydroxyl groups is 1. The van der Waals surface area contributed by atoms with Gasteiger partial charge in [-0.05, 0) is 54.5 Å². The molecule has 0 saturated carbocycles. The van der Waals surface area contributed by atoms with Gasteiger partial charge in [0, 0.05) is 0 Å². The summed E-state index contributed by atoms with van der Waals surface area (Å²) in [4.78, 5) is 26.0. The van der Waals surface area contributed by atoms with Gasteiger partial charge in [0.25, 0.3) is 5.88 Å². The molecule has 9 nitrogen and oxygen atoms in total. The normalized spacial score (nSPS) is 11.7. The topological polar surface area (TPSA) is 111 Å². The predicted molar refractivity (Wildman–Crippen MR) is 94.1 cm³/mol. The average Bonchev–Trinajstić information content (AvgIpc) is 2.45. The van der Waals surface area contributed by atoms with Gasteiger partial charge in [0.2, 0.25) is 0 Å². The fourth-order valence-electron chi connectivity index (χ4n) is 1.77. The number of carbonyl (C=O) groups excluding carboxylic acids is 2. The molecule has 0 aromatic carbocycles. The Labute approximate surface area is 153 Å². The molecule has 0 atom stereocenters. The number of rotatable bonds is 4. The first-order valence-corrected chi connectivity index (χ1v) is 8.24. The SMILES string of the molecule is CCOc1nnc(CO)cc1N(C(=O)OC(C)(C)C)C(=O)OC(C)(C)C. The smallest absolute Gasteiger partial charge is 0.424 e. The van der Waals surface area contributed by atoms with E-state index in [1.165, 1.54) is 6.07 Å². The standard InChI is InChI=1S/C17H27N3O6/c1-8-24-13-12(9-11(10-21)18-19-13)20(14(22)25-16(2,3)4)15(23)26-17(5,6)7/h9,21H,8,10H2,1-7H3. The van der Waals surface area contributed by atoms with Crippen molar-refractivity contribution in [3.05, 3.63) is 11.8 Å². The highest BCUT2D eigenvalue weighted by atomic mass is 16.6. The first-order valence-electron chi connectivity index (χ1n) is 8.24. The van der Waals surface area contributed by atoms with Crippen molar-refractivity contribution in [3.63, 3.8) is 0 Å². The highest BCUT2D eigenvalue weighted by Crippen LogP contribution is 2.29. The second kappa shape index (κ2) is 8.31. The second-order valence-corrected chi connectivity index (χ2v) is 7.41. The quantitative estimate of drug-likeness (QED) is 0.862. The molecule has 1 rings (SSSR count). The second-order valence-electron chi connectivity index (χ2n) is 7.41. The van der Waals surface area contributed by atoms with Crippen LogP contribution in [0.3, 0.4) is 0 Å². The summed E-state index contributed by atoms with van der Waals surface area (Å²) in [5, 5.41) is 16.9. The van der Waals surface area contributed by atoms with E-state index >= 15 is 0 Å². The third-order valence-electron chi connectivity index (χ3n) is 2.63. The number of hydrogen-bond acceptors (Lipinski definition) is 8. The van der Waals surface area contributed by atoms with E-state index in [1.54, 1.807) is 48.5 Å². The van der Waals surface area contributed by atoms with Gasteiger partial charge in [0.15, 0.2) is 0 Å². The van der Waals surface area contributed by atoms with Crippen molar-refractivity contribution in [1.29, 1.82) is 0 Å². The van der Waals surface area contributed by atoms with Crippen LogP contribution < -0.4 is 9.64 Å². The van der Waals surface area contributed by atoms with Crippen LogP contribution in [-0.4, -0.2) is 45.3 Å². The fraction of sp³-hybridized carbons (Fsp3) is 0.647. The van der Waals surface area contributed by atoms with Crippen molar-refractivity contribution in [1.82, 2.24) is 10.2 Å². The molecule has 1 N–H and O–H groups in total. The molecular formula is C17H27N3O6. The third kappa shape index (κ3) is 6.47. The molecule has 0 spiro atoms. The Morgan fingerprint density at radius 3 is 1.92 bits per heavy atom. The monoisotopic (exact) mass is 369 g/mol. The number of nitrogens with zero attached hydrogens (tertiary/aromatic N) is 3. The van der Waals surface area contributed by atoms with Crippen molar-refractivity contribution in [2.24, 2.45) is 0 Å². The molecule has 2 amide bonds. The number of aliphatic hydroxyl groups excluding tert-OH is 1. The third-order valence-corrected chi connectivity index (χ3v) is 2.63. The molecule has 9 heteroatoms. The summed E-state index contributed by atoms with van der Waals surface area (Å²) in [5.74, 6) is -0.0542. The lowest BCUT2D eigenvalue weighted by Gasteiger charge is -2.29. The molecule has 26 heavy (non-hydrogen) atoms. The molecule has 0 unspecified atom stereocenters. The first-order chi connectivity index (χ1) is 11.9. The molecule has 0 saturated heterocycles. The number of anilines is 1. The first kappa shape index (κ1) is 21.6. The minimum absolute atomic E-state index is 0.0191. The number of amides is 2. The molecule has 146 valence electrons. The largest absolute Gasteiger partial charge is 0.475 e. The van der Waals surface area contributed by atoms with Crippen LogP contribution >= 0.6 is 0 Å². The Kier molecular flexibility index (Phi) is 6.91. The summed E-state index contributed by atoms with van der Waals surface area (Å²) in [5.41, 5.74) is -1.55. The van der Waals surface area contributed by atoms with Crippen molar-refractivity contribution < 1.29 is 28.9 Å². The van der Waals surface area contributed by atoms with E-state index in [0.29, 0.717) is 4.90 Å². The van der Waals surface area contributed by atoms with Gasteiger partial charge in [0.05, 0.1) is 18.9 Å². The minimum Gasteiger partial charge on any atom is -0.475 e. The highest BCUT2D eigenvalue weighted by molar-refractivity contribution is 6.10. The lowest BCUT2D eigenvalue weighted by Crippen LogP contribution is -2.44. The van der Waals surface area contributed by atoms with E-state index in [9.17, 15) is 14.7 Å². The molecule has 0 aliphatic carbocycles. The summed E-state index contributed by atoms with van der Waals surface area (Å²) in [7, 11) is 0. The van der Waals surface area contributed by atoms with Crippen LogP contribution in [0.2, 0.25) is 0 Å². The van der Waals surface area contributed by atoms with Gasteiger partial charge in [-0.1, -0.05) is 0 Å². The summed E-state index contributed by atoms with van der Waals surface area (Å²) < 4.78 is 16.0. The molecule has 0 aliphatic rings. The van der Waals surface area contributed by atoms with E-state index in [2.05, 4.69) is 10.2 Å². The summed E-state index contributed by atoms with van der Waals surface area (Å²) in [6, 6.07) is 1.33. The van der Waals surface area contributed by atoms with Crippen LogP contribution in [0.5, 0.6) is 5.88 Å².